The minimum Gasteiger partial charge on any atom is -0.481 e. The second-order valence-corrected chi connectivity index (χ2v) is 5.44. The summed E-state index contributed by atoms with van der Waals surface area (Å²) in [5.74, 6) is -0.796. The Kier molecular flexibility index (Phi) is 5.55. The normalized spacial score (nSPS) is 11.5. The van der Waals surface area contributed by atoms with Gasteiger partial charge in [-0.3, -0.25) is 4.79 Å². The molecule has 0 unspecified atom stereocenters. The first-order valence-corrected chi connectivity index (χ1v) is 6.85. The van der Waals surface area contributed by atoms with Gasteiger partial charge in [0.05, 0.1) is 17.7 Å². The molecule has 0 aliphatic carbocycles. The van der Waals surface area contributed by atoms with Crippen LogP contribution in [-0.2, 0) is 16.0 Å². The van der Waals surface area contributed by atoms with E-state index in [0.29, 0.717) is 19.6 Å². The first kappa shape index (κ1) is 14.9. The van der Waals surface area contributed by atoms with E-state index >= 15 is 0 Å². The number of anilines is 1. The van der Waals surface area contributed by atoms with Crippen molar-refractivity contribution in [1.29, 1.82) is 0 Å². The molecule has 0 aliphatic heterocycles. The van der Waals surface area contributed by atoms with Crippen LogP contribution in [0.25, 0.3) is 0 Å². The second kappa shape index (κ2) is 6.70. The van der Waals surface area contributed by atoms with Crippen molar-refractivity contribution in [2.75, 3.05) is 18.5 Å². The van der Waals surface area contributed by atoms with Crippen molar-refractivity contribution >= 4 is 22.4 Å². The lowest BCUT2D eigenvalue weighted by Crippen LogP contribution is -2.33. The molecular weight excluding hydrogens is 252 g/mol. The maximum Gasteiger partial charge on any atom is 0.303 e. The Morgan fingerprint density at radius 1 is 1.61 bits per heavy atom. The van der Waals surface area contributed by atoms with E-state index in [9.17, 15) is 4.79 Å². The molecule has 18 heavy (non-hydrogen) atoms. The van der Waals surface area contributed by atoms with E-state index in [0.717, 1.165) is 10.8 Å². The van der Waals surface area contributed by atoms with Gasteiger partial charge in [-0.15, -0.1) is 11.3 Å². The molecule has 0 spiro atoms. The van der Waals surface area contributed by atoms with Gasteiger partial charge in [0.2, 0.25) is 0 Å². The Morgan fingerprint density at radius 3 is 2.94 bits per heavy atom. The quantitative estimate of drug-likeness (QED) is 0.760. The maximum atomic E-state index is 10.5. The van der Waals surface area contributed by atoms with E-state index in [1.54, 1.807) is 0 Å². The van der Waals surface area contributed by atoms with Crippen molar-refractivity contribution in [2.24, 2.45) is 0 Å². The van der Waals surface area contributed by atoms with Gasteiger partial charge in [0.15, 0.2) is 5.13 Å². The monoisotopic (exact) mass is 272 g/mol. The van der Waals surface area contributed by atoms with E-state index in [2.05, 4.69) is 10.3 Å². The van der Waals surface area contributed by atoms with Gasteiger partial charge in [-0.05, 0) is 20.8 Å². The third-order valence-electron chi connectivity index (χ3n) is 2.35. The van der Waals surface area contributed by atoms with Crippen LogP contribution in [0.4, 0.5) is 5.13 Å². The van der Waals surface area contributed by atoms with Crippen LogP contribution in [0, 0.1) is 0 Å². The molecule has 0 amide bonds. The van der Waals surface area contributed by atoms with Gasteiger partial charge in [0.25, 0.3) is 0 Å². The molecule has 5 nitrogen and oxygen atoms in total. The number of aryl methyl sites for hydroxylation is 1. The number of ether oxygens (including phenoxy) is 1. The number of aromatic nitrogens is 1. The summed E-state index contributed by atoms with van der Waals surface area (Å²) in [6, 6.07) is 0. The zero-order valence-corrected chi connectivity index (χ0v) is 11.8. The Labute approximate surface area is 111 Å². The molecule has 0 aliphatic rings. The number of carbonyl (C=O) groups is 1. The third-order valence-corrected chi connectivity index (χ3v) is 3.20. The molecule has 6 heteroatoms. The minimum atomic E-state index is -0.796. The van der Waals surface area contributed by atoms with Gasteiger partial charge in [0.1, 0.15) is 0 Å². The van der Waals surface area contributed by atoms with Crippen molar-refractivity contribution in [3.05, 3.63) is 11.1 Å². The molecule has 0 bridgehead atoms. The van der Waals surface area contributed by atoms with Crippen molar-refractivity contribution in [3.8, 4) is 0 Å². The molecule has 0 saturated carbocycles. The molecule has 1 heterocycles. The average Bonchev–Trinajstić information content (AvgIpc) is 2.72. The van der Waals surface area contributed by atoms with Gasteiger partial charge in [-0.1, -0.05) is 0 Å². The SMILES string of the molecule is CCOC(C)(C)CNc1nc(CCC(=O)O)cs1. The number of nitrogens with zero attached hydrogens (tertiary/aromatic N) is 1. The highest BCUT2D eigenvalue weighted by Crippen LogP contribution is 2.18. The predicted molar refractivity (Wildman–Crippen MR) is 72.3 cm³/mol. The fourth-order valence-corrected chi connectivity index (χ4v) is 2.21. The van der Waals surface area contributed by atoms with Crippen molar-refractivity contribution in [3.63, 3.8) is 0 Å². The summed E-state index contributed by atoms with van der Waals surface area (Å²) in [6.45, 7) is 7.35. The lowest BCUT2D eigenvalue weighted by Gasteiger charge is -2.24. The van der Waals surface area contributed by atoms with E-state index in [4.69, 9.17) is 9.84 Å². The molecule has 0 saturated heterocycles. The Hall–Kier alpha value is -1.14. The smallest absolute Gasteiger partial charge is 0.303 e. The third kappa shape index (κ3) is 5.46. The van der Waals surface area contributed by atoms with Crippen LogP contribution in [0.2, 0.25) is 0 Å². The molecule has 0 radical (unpaired) electrons. The number of nitrogens with one attached hydrogen (secondary N) is 1. The van der Waals surface area contributed by atoms with Crippen LogP contribution in [0.3, 0.4) is 0 Å². The summed E-state index contributed by atoms with van der Waals surface area (Å²) in [6.07, 6.45) is 0.593. The molecule has 1 rings (SSSR count). The lowest BCUT2D eigenvalue weighted by atomic mass is 10.1. The van der Waals surface area contributed by atoms with Gasteiger partial charge < -0.3 is 15.2 Å². The van der Waals surface area contributed by atoms with Crippen LogP contribution >= 0.6 is 11.3 Å². The van der Waals surface area contributed by atoms with Gasteiger partial charge >= 0.3 is 5.97 Å². The highest BCUT2D eigenvalue weighted by atomic mass is 32.1. The Morgan fingerprint density at radius 2 is 2.33 bits per heavy atom. The lowest BCUT2D eigenvalue weighted by molar-refractivity contribution is -0.136. The average molecular weight is 272 g/mol. The zero-order chi connectivity index (χ0) is 13.6. The summed E-state index contributed by atoms with van der Waals surface area (Å²) in [4.78, 5) is 14.8. The summed E-state index contributed by atoms with van der Waals surface area (Å²) < 4.78 is 5.57. The number of aliphatic carboxylic acids is 1. The summed E-state index contributed by atoms with van der Waals surface area (Å²) in [5.41, 5.74) is 0.584. The predicted octanol–water partition coefficient (Wildman–Crippen LogP) is 2.39. The molecule has 1 aromatic heterocycles. The Balaban J connectivity index is 2.41. The maximum absolute atomic E-state index is 10.5. The highest BCUT2D eigenvalue weighted by molar-refractivity contribution is 7.13. The van der Waals surface area contributed by atoms with Crippen molar-refractivity contribution in [1.82, 2.24) is 4.98 Å². The largest absolute Gasteiger partial charge is 0.481 e. The molecule has 0 aromatic carbocycles. The Bertz CT molecular complexity index is 390. The van der Waals surface area contributed by atoms with Crippen molar-refractivity contribution < 1.29 is 14.6 Å². The number of hydrogen-bond acceptors (Lipinski definition) is 5. The number of carboxylic acid groups (broad SMARTS) is 1. The number of hydrogen-bond donors (Lipinski definition) is 2. The number of thiazole rings is 1. The van der Waals surface area contributed by atoms with Crippen LogP contribution < -0.4 is 5.32 Å². The molecular formula is C12H20N2O3S. The summed E-state index contributed by atoms with van der Waals surface area (Å²) >= 11 is 1.49. The van der Waals surface area contributed by atoms with Crippen LogP contribution in [0.5, 0.6) is 0 Å². The zero-order valence-electron chi connectivity index (χ0n) is 11.0. The topological polar surface area (TPSA) is 71.5 Å². The van der Waals surface area contributed by atoms with E-state index in [1.165, 1.54) is 11.3 Å². The molecule has 1 aromatic rings. The number of carboxylic acids is 1. The molecule has 0 fully saturated rings. The van der Waals surface area contributed by atoms with E-state index in [1.807, 2.05) is 26.2 Å². The highest BCUT2D eigenvalue weighted by Gasteiger charge is 2.17. The van der Waals surface area contributed by atoms with Gasteiger partial charge in [0, 0.05) is 25.0 Å². The van der Waals surface area contributed by atoms with E-state index < -0.39 is 5.97 Å². The fraction of sp³-hybridized carbons (Fsp3) is 0.667. The molecule has 2 N–H and O–H groups in total. The standard InChI is InChI=1S/C12H20N2O3S/c1-4-17-12(2,3)8-13-11-14-9(7-18-11)5-6-10(15)16/h7H,4-6,8H2,1-3H3,(H,13,14)(H,15,16). The second-order valence-electron chi connectivity index (χ2n) is 4.58. The molecule has 102 valence electrons. The van der Waals surface area contributed by atoms with E-state index in [-0.39, 0.29) is 12.0 Å². The first-order chi connectivity index (χ1) is 8.43. The fourth-order valence-electron chi connectivity index (χ4n) is 1.47. The minimum absolute atomic E-state index is 0.119. The van der Waals surface area contributed by atoms with Crippen molar-refractivity contribution in [2.45, 2.75) is 39.2 Å². The molecule has 0 atom stereocenters. The number of rotatable bonds is 8. The first-order valence-electron chi connectivity index (χ1n) is 5.97. The van der Waals surface area contributed by atoms with Gasteiger partial charge in [-0.2, -0.15) is 0 Å². The van der Waals surface area contributed by atoms with Crippen LogP contribution in [0.15, 0.2) is 5.38 Å². The van der Waals surface area contributed by atoms with Crippen LogP contribution in [-0.4, -0.2) is 34.8 Å². The van der Waals surface area contributed by atoms with Gasteiger partial charge in [-0.25, -0.2) is 4.98 Å². The summed E-state index contributed by atoms with van der Waals surface area (Å²) in [7, 11) is 0. The van der Waals surface area contributed by atoms with Crippen LogP contribution in [0.1, 0.15) is 32.9 Å². The summed E-state index contributed by atoms with van der Waals surface area (Å²) in [5, 5.41) is 14.5.